The van der Waals surface area contributed by atoms with E-state index in [0.29, 0.717) is 19.8 Å². The van der Waals surface area contributed by atoms with Crippen molar-refractivity contribution in [3.05, 3.63) is 0 Å². The Morgan fingerprint density at radius 2 is 2.21 bits per heavy atom. The summed E-state index contributed by atoms with van der Waals surface area (Å²) < 4.78 is 16.1. The number of nitrogens with zero attached hydrogens (tertiary/aromatic N) is 1. The van der Waals surface area contributed by atoms with Crippen molar-refractivity contribution in [2.45, 2.75) is 31.8 Å². The van der Waals surface area contributed by atoms with Gasteiger partial charge in [-0.05, 0) is 25.7 Å². The van der Waals surface area contributed by atoms with E-state index in [9.17, 15) is 4.79 Å². The minimum atomic E-state index is 0.0616. The summed E-state index contributed by atoms with van der Waals surface area (Å²) >= 11 is 0. The molecule has 2 saturated heterocycles. The summed E-state index contributed by atoms with van der Waals surface area (Å²) in [5, 5.41) is 0. The summed E-state index contributed by atoms with van der Waals surface area (Å²) in [7, 11) is 1.67. The number of methoxy groups -OCH3 is 1. The highest BCUT2D eigenvalue weighted by atomic mass is 16.5. The number of carbonyl (C=O) groups is 1. The zero-order chi connectivity index (χ0) is 13.5. The molecule has 19 heavy (non-hydrogen) atoms. The van der Waals surface area contributed by atoms with E-state index in [2.05, 4.69) is 0 Å². The molecule has 0 aromatic heterocycles. The Kier molecular flexibility index (Phi) is 6.07. The van der Waals surface area contributed by atoms with Gasteiger partial charge < -0.3 is 19.1 Å². The molecule has 0 unspecified atom stereocenters. The average Bonchev–Trinajstić information content (AvgIpc) is 2.48. The predicted octanol–water partition coefficient (Wildman–Crippen LogP) is 1.07. The lowest BCUT2D eigenvalue weighted by atomic mass is 9.98. The summed E-state index contributed by atoms with van der Waals surface area (Å²) in [5.41, 5.74) is 0. The fraction of sp³-hybridized carbons (Fsp3) is 0.929. The highest BCUT2D eigenvalue weighted by Crippen LogP contribution is 2.20. The fourth-order valence-electron chi connectivity index (χ4n) is 2.77. The van der Waals surface area contributed by atoms with Crippen molar-refractivity contribution >= 4 is 5.91 Å². The van der Waals surface area contributed by atoms with Crippen molar-refractivity contribution in [1.29, 1.82) is 0 Å². The maximum atomic E-state index is 12.4. The van der Waals surface area contributed by atoms with E-state index in [0.717, 1.165) is 45.4 Å². The van der Waals surface area contributed by atoms with Crippen molar-refractivity contribution in [2.24, 2.45) is 5.92 Å². The average molecular weight is 271 g/mol. The van der Waals surface area contributed by atoms with Crippen LogP contribution in [0.5, 0.6) is 0 Å². The van der Waals surface area contributed by atoms with E-state index >= 15 is 0 Å². The number of hydrogen-bond donors (Lipinski definition) is 0. The third-order valence-electron chi connectivity index (χ3n) is 3.84. The number of hydrogen-bond acceptors (Lipinski definition) is 4. The molecule has 0 saturated carbocycles. The second-order valence-electron chi connectivity index (χ2n) is 5.33. The van der Waals surface area contributed by atoms with Gasteiger partial charge in [-0.3, -0.25) is 4.79 Å². The van der Waals surface area contributed by atoms with E-state index in [4.69, 9.17) is 14.2 Å². The zero-order valence-corrected chi connectivity index (χ0v) is 11.8. The summed E-state index contributed by atoms with van der Waals surface area (Å²) in [5.74, 6) is 0.311. The molecule has 2 aliphatic heterocycles. The molecule has 0 spiro atoms. The Bertz CT molecular complexity index is 279. The van der Waals surface area contributed by atoms with Gasteiger partial charge in [0.15, 0.2) is 0 Å². The van der Waals surface area contributed by atoms with Crippen LogP contribution in [0, 0.1) is 5.92 Å². The molecule has 0 radical (unpaired) electrons. The van der Waals surface area contributed by atoms with Crippen LogP contribution in [0.1, 0.15) is 25.7 Å². The third kappa shape index (κ3) is 4.44. The first kappa shape index (κ1) is 14.8. The quantitative estimate of drug-likeness (QED) is 0.702. The molecule has 2 atom stereocenters. The van der Waals surface area contributed by atoms with Crippen LogP contribution in [0.15, 0.2) is 0 Å². The van der Waals surface area contributed by atoms with E-state index in [1.807, 2.05) is 4.90 Å². The second kappa shape index (κ2) is 7.82. The fourth-order valence-corrected chi connectivity index (χ4v) is 2.77. The topological polar surface area (TPSA) is 48.0 Å². The standard InChI is InChI=1S/C14H25NO4/c1-17-8-9-19-13-5-2-6-15(10-13)14(16)12-4-3-7-18-11-12/h12-13H,2-11H2,1H3/t12-,13-/m1/s1. The van der Waals surface area contributed by atoms with Gasteiger partial charge in [0, 0.05) is 26.8 Å². The molecule has 0 aliphatic carbocycles. The normalized spacial score (nSPS) is 28.4. The largest absolute Gasteiger partial charge is 0.382 e. The molecular formula is C14H25NO4. The number of carbonyl (C=O) groups excluding carboxylic acids is 1. The number of ether oxygens (including phenoxy) is 3. The molecule has 2 fully saturated rings. The van der Waals surface area contributed by atoms with Gasteiger partial charge in [0.05, 0.1) is 31.8 Å². The molecule has 0 bridgehead atoms. The van der Waals surface area contributed by atoms with Crippen LogP contribution in [0.25, 0.3) is 0 Å². The van der Waals surface area contributed by atoms with Crippen molar-refractivity contribution in [1.82, 2.24) is 4.90 Å². The first-order valence-corrected chi connectivity index (χ1v) is 7.28. The summed E-state index contributed by atoms with van der Waals surface area (Å²) in [6.07, 6.45) is 4.19. The summed E-state index contributed by atoms with van der Waals surface area (Å²) in [4.78, 5) is 14.4. The Hall–Kier alpha value is -0.650. The Morgan fingerprint density at radius 3 is 2.95 bits per heavy atom. The van der Waals surface area contributed by atoms with E-state index in [1.54, 1.807) is 7.11 Å². The first-order chi connectivity index (χ1) is 9.31. The maximum absolute atomic E-state index is 12.4. The molecule has 5 heteroatoms. The number of likely N-dealkylation sites (tertiary alicyclic amines) is 1. The van der Waals surface area contributed by atoms with E-state index in [-0.39, 0.29) is 17.9 Å². The monoisotopic (exact) mass is 271 g/mol. The Morgan fingerprint density at radius 1 is 1.32 bits per heavy atom. The van der Waals surface area contributed by atoms with Gasteiger partial charge in [-0.25, -0.2) is 0 Å². The molecule has 110 valence electrons. The van der Waals surface area contributed by atoms with Gasteiger partial charge in [0.1, 0.15) is 0 Å². The van der Waals surface area contributed by atoms with Crippen molar-refractivity contribution in [3.8, 4) is 0 Å². The lowest BCUT2D eigenvalue weighted by Gasteiger charge is -2.35. The lowest BCUT2D eigenvalue weighted by molar-refractivity contribution is -0.144. The highest BCUT2D eigenvalue weighted by Gasteiger charge is 2.30. The summed E-state index contributed by atoms with van der Waals surface area (Å²) in [6, 6.07) is 0. The first-order valence-electron chi connectivity index (χ1n) is 7.28. The number of amides is 1. The van der Waals surface area contributed by atoms with E-state index < -0.39 is 0 Å². The minimum absolute atomic E-state index is 0.0616. The van der Waals surface area contributed by atoms with Crippen molar-refractivity contribution in [2.75, 3.05) is 46.6 Å². The predicted molar refractivity (Wildman–Crippen MR) is 71.0 cm³/mol. The molecule has 2 aliphatic rings. The van der Waals surface area contributed by atoms with Crippen LogP contribution < -0.4 is 0 Å². The van der Waals surface area contributed by atoms with Gasteiger partial charge in [-0.15, -0.1) is 0 Å². The van der Waals surface area contributed by atoms with Gasteiger partial charge in [-0.1, -0.05) is 0 Å². The number of piperidine rings is 1. The van der Waals surface area contributed by atoms with Gasteiger partial charge in [0.2, 0.25) is 5.91 Å². The third-order valence-corrected chi connectivity index (χ3v) is 3.84. The Balaban J connectivity index is 1.77. The molecule has 5 nitrogen and oxygen atoms in total. The molecule has 2 heterocycles. The molecule has 0 aromatic rings. The van der Waals surface area contributed by atoms with Gasteiger partial charge >= 0.3 is 0 Å². The van der Waals surface area contributed by atoms with Crippen LogP contribution in [-0.2, 0) is 19.0 Å². The molecule has 2 rings (SSSR count). The highest BCUT2D eigenvalue weighted by molar-refractivity contribution is 5.79. The van der Waals surface area contributed by atoms with Crippen LogP contribution >= 0.6 is 0 Å². The van der Waals surface area contributed by atoms with Crippen LogP contribution in [0.2, 0.25) is 0 Å². The van der Waals surface area contributed by atoms with Crippen LogP contribution in [-0.4, -0.2) is 63.5 Å². The zero-order valence-electron chi connectivity index (χ0n) is 11.8. The lowest BCUT2D eigenvalue weighted by Crippen LogP contribution is -2.47. The molecular weight excluding hydrogens is 246 g/mol. The van der Waals surface area contributed by atoms with Crippen LogP contribution in [0.3, 0.4) is 0 Å². The van der Waals surface area contributed by atoms with Gasteiger partial charge in [-0.2, -0.15) is 0 Å². The SMILES string of the molecule is COCCO[C@@H]1CCCN(C(=O)[C@@H]2CCCOC2)C1. The maximum Gasteiger partial charge on any atom is 0.228 e. The second-order valence-corrected chi connectivity index (χ2v) is 5.33. The molecule has 0 aromatic carbocycles. The van der Waals surface area contributed by atoms with Gasteiger partial charge in [0.25, 0.3) is 0 Å². The van der Waals surface area contributed by atoms with Crippen molar-refractivity contribution in [3.63, 3.8) is 0 Å². The van der Waals surface area contributed by atoms with E-state index in [1.165, 1.54) is 0 Å². The van der Waals surface area contributed by atoms with Crippen LogP contribution in [0.4, 0.5) is 0 Å². The smallest absolute Gasteiger partial charge is 0.228 e. The number of rotatable bonds is 5. The Labute approximate surface area is 115 Å². The summed E-state index contributed by atoms with van der Waals surface area (Å²) in [6.45, 7) is 4.19. The van der Waals surface area contributed by atoms with Crippen molar-refractivity contribution < 1.29 is 19.0 Å². The minimum Gasteiger partial charge on any atom is -0.382 e. The molecule has 1 amide bonds. The molecule has 0 N–H and O–H groups in total.